The van der Waals surface area contributed by atoms with E-state index in [1.165, 1.54) is 24.4 Å². The first-order valence-electron chi connectivity index (χ1n) is 10.3. The maximum Gasteiger partial charge on any atom is 0.271 e. The van der Waals surface area contributed by atoms with Gasteiger partial charge in [-0.3, -0.25) is 9.59 Å². The number of amides is 2. The third-order valence-corrected chi connectivity index (χ3v) is 5.15. The van der Waals surface area contributed by atoms with Gasteiger partial charge in [-0.2, -0.15) is 5.10 Å². The van der Waals surface area contributed by atoms with Gasteiger partial charge in [-0.15, -0.1) is 0 Å². The summed E-state index contributed by atoms with van der Waals surface area (Å²) in [5.41, 5.74) is 3.67. The molecule has 0 fully saturated rings. The molecule has 0 aliphatic heterocycles. The lowest BCUT2D eigenvalue weighted by atomic mass is 10.1. The molecule has 0 unspecified atom stereocenters. The first-order chi connectivity index (χ1) is 16.5. The van der Waals surface area contributed by atoms with Gasteiger partial charge in [0.1, 0.15) is 11.6 Å². The molecule has 0 saturated heterocycles. The zero-order valence-electron chi connectivity index (χ0n) is 17.8. The smallest absolute Gasteiger partial charge is 0.271 e. The van der Waals surface area contributed by atoms with Crippen molar-refractivity contribution in [2.24, 2.45) is 5.10 Å². The van der Waals surface area contributed by atoms with Gasteiger partial charge in [0.2, 0.25) is 0 Å². The third-order valence-electron chi connectivity index (χ3n) is 4.85. The van der Waals surface area contributed by atoms with Crippen LogP contribution in [0.1, 0.15) is 15.9 Å². The number of anilines is 1. The van der Waals surface area contributed by atoms with Crippen molar-refractivity contribution in [3.8, 4) is 5.75 Å². The third kappa shape index (κ3) is 5.76. The van der Waals surface area contributed by atoms with E-state index in [1.807, 2.05) is 30.3 Å². The number of rotatable bonds is 7. The highest BCUT2D eigenvalue weighted by Crippen LogP contribution is 2.25. The van der Waals surface area contributed by atoms with Gasteiger partial charge in [0, 0.05) is 5.56 Å². The zero-order valence-corrected chi connectivity index (χ0v) is 18.6. The number of fused-ring (bicyclic) bond motifs is 1. The Bertz CT molecular complexity index is 1390. The Kier molecular flexibility index (Phi) is 7.15. The van der Waals surface area contributed by atoms with Crippen LogP contribution in [0.15, 0.2) is 90.0 Å². The number of nitrogens with zero attached hydrogens (tertiary/aromatic N) is 1. The average Bonchev–Trinajstić information content (AvgIpc) is 2.84. The largest absolute Gasteiger partial charge is 0.482 e. The summed E-state index contributed by atoms with van der Waals surface area (Å²) in [4.78, 5) is 24.4. The Labute approximate surface area is 200 Å². The Morgan fingerprint density at radius 2 is 1.71 bits per heavy atom. The summed E-state index contributed by atoms with van der Waals surface area (Å²) in [6, 6.07) is 23.8. The summed E-state index contributed by atoms with van der Waals surface area (Å²) in [5, 5.41) is 8.66. The number of carbonyl (C=O) groups is 2. The number of hydrogen-bond acceptors (Lipinski definition) is 4. The predicted molar refractivity (Wildman–Crippen MR) is 131 cm³/mol. The number of ether oxygens (including phenoxy) is 1. The second-order valence-corrected chi connectivity index (χ2v) is 7.67. The molecule has 8 heteroatoms. The monoisotopic (exact) mass is 475 g/mol. The van der Waals surface area contributed by atoms with Crippen LogP contribution in [0, 0.1) is 5.82 Å². The quantitative estimate of drug-likeness (QED) is 0.277. The van der Waals surface area contributed by atoms with Crippen LogP contribution >= 0.6 is 11.6 Å². The summed E-state index contributed by atoms with van der Waals surface area (Å²) < 4.78 is 19.0. The zero-order chi connectivity index (χ0) is 23.9. The van der Waals surface area contributed by atoms with E-state index in [9.17, 15) is 14.0 Å². The van der Waals surface area contributed by atoms with Crippen molar-refractivity contribution in [1.82, 2.24) is 5.43 Å². The van der Waals surface area contributed by atoms with Gasteiger partial charge in [-0.05, 0) is 58.8 Å². The molecule has 0 bridgehead atoms. The minimum Gasteiger partial charge on any atom is -0.482 e. The average molecular weight is 476 g/mol. The second-order valence-electron chi connectivity index (χ2n) is 7.27. The van der Waals surface area contributed by atoms with E-state index in [0.29, 0.717) is 11.1 Å². The van der Waals surface area contributed by atoms with E-state index >= 15 is 0 Å². The molecule has 0 aliphatic rings. The molecule has 2 N–H and O–H groups in total. The number of para-hydroxylation sites is 1. The molecule has 0 radical (unpaired) electrons. The Morgan fingerprint density at radius 3 is 2.50 bits per heavy atom. The van der Waals surface area contributed by atoms with E-state index in [1.54, 1.807) is 36.4 Å². The van der Waals surface area contributed by atoms with E-state index in [4.69, 9.17) is 16.3 Å². The van der Waals surface area contributed by atoms with E-state index in [0.717, 1.165) is 10.8 Å². The van der Waals surface area contributed by atoms with Gasteiger partial charge in [-0.25, -0.2) is 9.82 Å². The van der Waals surface area contributed by atoms with Crippen LogP contribution in [0.5, 0.6) is 5.75 Å². The van der Waals surface area contributed by atoms with Gasteiger partial charge in [0.15, 0.2) is 6.61 Å². The van der Waals surface area contributed by atoms with Crippen LogP contribution in [0.3, 0.4) is 0 Å². The number of carbonyl (C=O) groups excluding carboxylic acids is 2. The fraction of sp³-hybridized carbons (Fsp3) is 0.0385. The summed E-state index contributed by atoms with van der Waals surface area (Å²) >= 11 is 6.23. The van der Waals surface area contributed by atoms with Gasteiger partial charge < -0.3 is 10.1 Å². The summed E-state index contributed by atoms with van der Waals surface area (Å²) in [7, 11) is 0. The van der Waals surface area contributed by atoms with Gasteiger partial charge >= 0.3 is 0 Å². The molecule has 4 aromatic carbocycles. The molecule has 0 aliphatic carbocycles. The molecule has 0 spiro atoms. The first kappa shape index (κ1) is 22.9. The maximum absolute atomic E-state index is 13.6. The summed E-state index contributed by atoms with van der Waals surface area (Å²) in [6.45, 7) is -0.344. The Balaban J connectivity index is 1.32. The van der Waals surface area contributed by atoms with Crippen molar-refractivity contribution in [2.75, 3.05) is 11.9 Å². The molecule has 4 aromatic rings. The highest BCUT2D eigenvalue weighted by atomic mass is 35.5. The van der Waals surface area contributed by atoms with E-state index in [-0.39, 0.29) is 29.0 Å². The first-order valence-corrected chi connectivity index (χ1v) is 10.7. The lowest BCUT2D eigenvalue weighted by molar-refractivity contribution is -0.118. The fourth-order valence-corrected chi connectivity index (χ4v) is 3.41. The van der Waals surface area contributed by atoms with Crippen LogP contribution in [0.2, 0.25) is 5.02 Å². The molecule has 6 nitrogen and oxygen atoms in total. The van der Waals surface area contributed by atoms with Gasteiger partial charge in [-0.1, -0.05) is 54.1 Å². The van der Waals surface area contributed by atoms with Crippen LogP contribution in [-0.4, -0.2) is 24.6 Å². The van der Waals surface area contributed by atoms with Crippen molar-refractivity contribution in [3.05, 3.63) is 107 Å². The molecule has 0 saturated carbocycles. The standard InChI is InChI=1S/C26H19ClFN3O3/c27-21-13-17(9-12-24(21)34-16-25(32)30-23-8-4-3-7-22(23)28)15-29-31-26(33)20-11-10-18-5-1-2-6-19(18)14-20/h1-15H,16H2,(H,30,32)(H,31,33). The molecular weight excluding hydrogens is 457 g/mol. The Hall–Kier alpha value is -4.23. The van der Waals surface area contributed by atoms with Crippen molar-refractivity contribution in [3.63, 3.8) is 0 Å². The number of benzene rings is 4. The number of hydrogen-bond donors (Lipinski definition) is 2. The lowest BCUT2D eigenvalue weighted by Gasteiger charge is -2.09. The molecule has 0 heterocycles. The predicted octanol–water partition coefficient (Wildman–Crippen LogP) is 5.41. The lowest BCUT2D eigenvalue weighted by Crippen LogP contribution is -2.20. The van der Waals surface area contributed by atoms with Crippen LogP contribution in [-0.2, 0) is 4.79 Å². The van der Waals surface area contributed by atoms with Crippen LogP contribution < -0.4 is 15.5 Å². The van der Waals surface area contributed by atoms with Crippen molar-refractivity contribution in [2.45, 2.75) is 0 Å². The molecule has 2 amide bonds. The molecule has 0 atom stereocenters. The minimum absolute atomic E-state index is 0.0690. The maximum atomic E-state index is 13.6. The van der Waals surface area contributed by atoms with E-state index < -0.39 is 11.7 Å². The molecule has 170 valence electrons. The van der Waals surface area contributed by atoms with Gasteiger partial charge in [0.25, 0.3) is 11.8 Å². The number of hydrazone groups is 1. The van der Waals surface area contributed by atoms with Gasteiger partial charge in [0.05, 0.1) is 16.9 Å². The summed E-state index contributed by atoms with van der Waals surface area (Å²) in [6.07, 6.45) is 1.44. The summed E-state index contributed by atoms with van der Waals surface area (Å²) in [5.74, 6) is -1.12. The Morgan fingerprint density at radius 1 is 0.941 bits per heavy atom. The number of nitrogens with one attached hydrogen (secondary N) is 2. The normalized spacial score (nSPS) is 10.9. The van der Waals surface area contributed by atoms with Crippen molar-refractivity contribution in [1.29, 1.82) is 0 Å². The number of halogens is 2. The molecule has 34 heavy (non-hydrogen) atoms. The highest BCUT2D eigenvalue weighted by Gasteiger charge is 2.09. The molecule has 4 rings (SSSR count). The SMILES string of the molecule is O=C(COc1ccc(C=NNC(=O)c2ccc3ccccc3c2)cc1Cl)Nc1ccccc1F. The van der Waals surface area contributed by atoms with Crippen LogP contribution in [0.4, 0.5) is 10.1 Å². The van der Waals surface area contributed by atoms with Crippen LogP contribution in [0.25, 0.3) is 10.8 Å². The minimum atomic E-state index is -0.537. The van der Waals surface area contributed by atoms with Crippen molar-refractivity contribution >= 4 is 46.1 Å². The fourth-order valence-electron chi connectivity index (χ4n) is 3.17. The van der Waals surface area contributed by atoms with Crippen molar-refractivity contribution < 1.29 is 18.7 Å². The second kappa shape index (κ2) is 10.6. The highest BCUT2D eigenvalue weighted by molar-refractivity contribution is 6.32. The van der Waals surface area contributed by atoms with E-state index in [2.05, 4.69) is 15.8 Å². The topological polar surface area (TPSA) is 79.8 Å². The molecule has 0 aromatic heterocycles. The molecular formula is C26H19ClFN3O3.